The van der Waals surface area contributed by atoms with Gasteiger partial charge in [-0.05, 0) is 57.4 Å². The number of carbonyl (C=O) groups excluding carboxylic acids is 1. The summed E-state index contributed by atoms with van der Waals surface area (Å²) in [6, 6.07) is 18.3. The molecule has 6 rings (SSSR count). The highest BCUT2D eigenvalue weighted by Gasteiger charge is 2.36. The molecular formula is C34H35N3O5S. The van der Waals surface area contributed by atoms with E-state index in [9.17, 15) is 9.59 Å². The molecule has 1 fully saturated rings. The van der Waals surface area contributed by atoms with Gasteiger partial charge in [-0.1, -0.05) is 59.9 Å². The summed E-state index contributed by atoms with van der Waals surface area (Å²) in [4.78, 5) is 33.4. The number of fused-ring (bicyclic) bond motifs is 1. The summed E-state index contributed by atoms with van der Waals surface area (Å²) in [5.41, 5.74) is 5.18. The number of benzene rings is 2. The van der Waals surface area contributed by atoms with E-state index in [1.165, 1.54) is 11.3 Å². The van der Waals surface area contributed by atoms with Crippen LogP contribution in [-0.4, -0.2) is 41.5 Å². The van der Waals surface area contributed by atoms with Gasteiger partial charge in [0.2, 0.25) is 0 Å². The normalized spacial score (nSPS) is 18.5. The van der Waals surface area contributed by atoms with Crippen LogP contribution in [0.2, 0.25) is 0 Å². The molecule has 8 nitrogen and oxygen atoms in total. The van der Waals surface area contributed by atoms with Crippen molar-refractivity contribution in [2.24, 2.45) is 4.99 Å². The number of aryl methyl sites for hydroxylation is 1. The van der Waals surface area contributed by atoms with E-state index in [-0.39, 0.29) is 18.3 Å². The van der Waals surface area contributed by atoms with Gasteiger partial charge in [0.25, 0.3) is 5.56 Å². The highest BCUT2D eigenvalue weighted by atomic mass is 32.1. The van der Waals surface area contributed by atoms with Crippen molar-refractivity contribution < 1.29 is 19.0 Å². The zero-order valence-electron chi connectivity index (χ0n) is 24.8. The van der Waals surface area contributed by atoms with Crippen molar-refractivity contribution in [1.82, 2.24) is 9.13 Å². The van der Waals surface area contributed by atoms with Crippen molar-refractivity contribution >= 4 is 29.1 Å². The molecule has 0 N–H and O–H groups in total. The molecule has 4 heterocycles. The molecule has 2 aromatic heterocycles. The lowest BCUT2D eigenvalue weighted by molar-refractivity contribution is -0.138. The van der Waals surface area contributed by atoms with Crippen molar-refractivity contribution in [2.45, 2.75) is 52.3 Å². The Morgan fingerprint density at radius 2 is 1.91 bits per heavy atom. The Morgan fingerprint density at radius 1 is 1.14 bits per heavy atom. The van der Waals surface area contributed by atoms with Gasteiger partial charge in [-0.15, -0.1) is 0 Å². The van der Waals surface area contributed by atoms with Crippen LogP contribution in [0.25, 0.3) is 11.8 Å². The molecule has 4 aromatic rings. The first-order valence-corrected chi connectivity index (χ1v) is 15.4. The maximum atomic E-state index is 14.3. The van der Waals surface area contributed by atoms with Crippen LogP contribution in [0.3, 0.4) is 0 Å². The number of rotatable bonds is 8. The molecule has 0 spiro atoms. The largest absolute Gasteiger partial charge is 0.496 e. The SMILES string of the molecule is CCOC(=O)C1=C(c2ccccc2)N=c2s/c(=C\c3cc(C)n(C[C@@H]4CCCO4)c3C)c(=O)n2[C@H]1c1ccccc1OC. The molecule has 9 heteroatoms. The van der Waals surface area contributed by atoms with Crippen LogP contribution in [0.15, 0.2) is 76.0 Å². The van der Waals surface area contributed by atoms with Crippen molar-refractivity contribution in [3.05, 3.63) is 114 Å². The zero-order valence-corrected chi connectivity index (χ0v) is 25.6. The van der Waals surface area contributed by atoms with Gasteiger partial charge >= 0.3 is 5.97 Å². The molecule has 2 aliphatic rings. The molecule has 2 aromatic carbocycles. The molecule has 0 saturated carbocycles. The molecule has 0 radical (unpaired) electrons. The molecular weight excluding hydrogens is 562 g/mol. The number of carbonyl (C=O) groups is 1. The summed E-state index contributed by atoms with van der Waals surface area (Å²) in [6.07, 6.45) is 4.29. The standard InChI is InChI=1S/C34H35N3O5S/c1-5-41-33(39)29-30(23-12-7-6-8-13-23)35-34-37(31(29)26-15-9-10-16-27(26)40-4)32(38)28(43-34)19-24-18-21(2)36(22(24)3)20-25-14-11-17-42-25/h6-10,12-13,15-16,18-19,25,31H,5,11,14,17,20H2,1-4H3/b28-19-/t25-,31-/m0/s1. The number of methoxy groups -OCH3 is 1. The first kappa shape index (κ1) is 28.9. The monoisotopic (exact) mass is 597 g/mol. The molecule has 222 valence electrons. The van der Waals surface area contributed by atoms with Gasteiger partial charge in [0, 0.05) is 35.7 Å². The van der Waals surface area contributed by atoms with Gasteiger partial charge in [0.15, 0.2) is 4.80 Å². The first-order valence-electron chi connectivity index (χ1n) is 14.6. The summed E-state index contributed by atoms with van der Waals surface area (Å²) in [7, 11) is 1.58. The summed E-state index contributed by atoms with van der Waals surface area (Å²) in [5.74, 6) is 0.0452. The molecule has 2 aliphatic heterocycles. The van der Waals surface area contributed by atoms with Gasteiger partial charge < -0.3 is 18.8 Å². The van der Waals surface area contributed by atoms with E-state index < -0.39 is 12.0 Å². The minimum Gasteiger partial charge on any atom is -0.496 e. The number of hydrogen-bond donors (Lipinski definition) is 0. The number of para-hydroxylation sites is 1. The lowest BCUT2D eigenvalue weighted by Crippen LogP contribution is -2.40. The Kier molecular flexibility index (Phi) is 8.19. The highest BCUT2D eigenvalue weighted by molar-refractivity contribution is 7.07. The minimum absolute atomic E-state index is 0.189. The summed E-state index contributed by atoms with van der Waals surface area (Å²) >= 11 is 1.32. The van der Waals surface area contributed by atoms with E-state index in [2.05, 4.69) is 24.5 Å². The third kappa shape index (κ3) is 5.39. The first-order chi connectivity index (χ1) is 20.9. The lowest BCUT2D eigenvalue weighted by atomic mass is 9.92. The van der Waals surface area contributed by atoms with Crippen LogP contribution >= 0.6 is 11.3 Å². The number of esters is 1. The second kappa shape index (κ2) is 12.2. The van der Waals surface area contributed by atoms with Crippen LogP contribution in [0.1, 0.15) is 53.9 Å². The Balaban J connectivity index is 1.58. The third-order valence-electron chi connectivity index (χ3n) is 8.12. The number of thiazole rings is 1. The Labute approximate surface area is 254 Å². The van der Waals surface area contributed by atoms with E-state index in [0.29, 0.717) is 31.9 Å². The molecule has 0 amide bonds. The second-order valence-corrected chi connectivity index (χ2v) is 11.8. The fraction of sp³-hybridized carbons (Fsp3) is 0.324. The number of nitrogens with zero attached hydrogens (tertiary/aromatic N) is 3. The Bertz CT molecular complexity index is 1880. The summed E-state index contributed by atoms with van der Waals surface area (Å²) < 4.78 is 21.6. The highest BCUT2D eigenvalue weighted by Crippen LogP contribution is 2.38. The van der Waals surface area contributed by atoms with E-state index in [1.807, 2.05) is 60.7 Å². The van der Waals surface area contributed by atoms with Crippen molar-refractivity contribution in [3.8, 4) is 5.75 Å². The van der Waals surface area contributed by atoms with E-state index in [1.54, 1.807) is 18.6 Å². The van der Waals surface area contributed by atoms with Crippen LogP contribution in [0.4, 0.5) is 0 Å². The number of ether oxygens (including phenoxy) is 3. The van der Waals surface area contributed by atoms with Crippen LogP contribution in [-0.2, 0) is 20.8 Å². The summed E-state index contributed by atoms with van der Waals surface area (Å²) in [5, 5.41) is 0. The Hall–Kier alpha value is -4.21. The van der Waals surface area contributed by atoms with Crippen molar-refractivity contribution in [1.29, 1.82) is 0 Å². The minimum atomic E-state index is -0.796. The van der Waals surface area contributed by atoms with Crippen LogP contribution in [0, 0.1) is 13.8 Å². The fourth-order valence-electron chi connectivity index (χ4n) is 6.01. The lowest BCUT2D eigenvalue weighted by Gasteiger charge is -2.27. The van der Waals surface area contributed by atoms with Crippen molar-refractivity contribution in [3.63, 3.8) is 0 Å². The number of aromatic nitrogens is 2. The van der Waals surface area contributed by atoms with Gasteiger partial charge in [-0.3, -0.25) is 9.36 Å². The average molecular weight is 598 g/mol. The van der Waals surface area contributed by atoms with E-state index in [4.69, 9.17) is 19.2 Å². The maximum absolute atomic E-state index is 14.3. The zero-order chi connectivity index (χ0) is 30.1. The second-order valence-electron chi connectivity index (χ2n) is 10.7. The van der Waals surface area contributed by atoms with Crippen LogP contribution < -0.4 is 19.6 Å². The fourth-order valence-corrected chi connectivity index (χ4v) is 7.01. The number of hydrogen-bond acceptors (Lipinski definition) is 7. The molecule has 2 atom stereocenters. The predicted molar refractivity (Wildman–Crippen MR) is 167 cm³/mol. The van der Waals surface area contributed by atoms with Crippen molar-refractivity contribution in [2.75, 3.05) is 20.3 Å². The van der Waals surface area contributed by atoms with E-state index >= 15 is 0 Å². The Morgan fingerprint density at radius 3 is 2.63 bits per heavy atom. The predicted octanol–water partition coefficient (Wildman–Crippen LogP) is 4.54. The topological polar surface area (TPSA) is 84.0 Å². The quantitative estimate of drug-likeness (QED) is 0.279. The molecule has 0 aliphatic carbocycles. The van der Waals surface area contributed by atoms with Crippen LogP contribution in [0.5, 0.6) is 5.75 Å². The van der Waals surface area contributed by atoms with Gasteiger partial charge in [-0.25, -0.2) is 9.79 Å². The molecule has 0 unspecified atom stereocenters. The summed E-state index contributed by atoms with van der Waals surface area (Å²) in [6.45, 7) is 7.72. The van der Waals surface area contributed by atoms with E-state index in [0.717, 1.165) is 48.5 Å². The van der Waals surface area contributed by atoms with Gasteiger partial charge in [0.05, 0.1) is 35.6 Å². The average Bonchev–Trinajstić information content (AvgIpc) is 3.72. The maximum Gasteiger partial charge on any atom is 0.338 e. The smallest absolute Gasteiger partial charge is 0.338 e. The molecule has 43 heavy (non-hydrogen) atoms. The molecule has 1 saturated heterocycles. The van der Waals surface area contributed by atoms with Gasteiger partial charge in [-0.2, -0.15) is 0 Å². The third-order valence-corrected chi connectivity index (χ3v) is 9.10. The molecule has 0 bridgehead atoms. The van der Waals surface area contributed by atoms with Gasteiger partial charge in [0.1, 0.15) is 11.8 Å².